The monoisotopic (exact) mass is 373 g/mol. The van der Waals surface area contributed by atoms with Crippen molar-refractivity contribution in [2.45, 2.75) is 37.8 Å². The predicted octanol–water partition coefficient (Wildman–Crippen LogP) is 1.75. The average molecular weight is 373 g/mol. The first kappa shape index (κ1) is 17.8. The molecule has 27 heavy (non-hydrogen) atoms. The van der Waals surface area contributed by atoms with E-state index in [9.17, 15) is 14.4 Å². The fourth-order valence-corrected chi connectivity index (χ4v) is 3.93. The minimum Gasteiger partial charge on any atom is -0.497 e. The smallest absolute Gasteiger partial charge is 0.335 e. The first-order chi connectivity index (χ1) is 13.0. The predicted molar refractivity (Wildman–Crippen MR) is 95.2 cm³/mol. The third-order valence-corrected chi connectivity index (χ3v) is 5.48. The van der Waals surface area contributed by atoms with E-state index in [2.05, 4.69) is 4.90 Å². The van der Waals surface area contributed by atoms with Crippen LogP contribution in [0.1, 0.15) is 37.3 Å². The molecule has 1 aliphatic carbocycles. The minimum atomic E-state index is -0.727. The number of methoxy groups -OCH3 is 2. The Morgan fingerprint density at radius 2 is 1.81 bits per heavy atom. The van der Waals surface area contributed by atoms with Crippen molar-refractivity contribution in [2.24, 2.45) is 0 Å². The van der Waals surface area contributed by atoms with E-state index in [1.807, 2.05) is 18.2 Å². The molecule has 4 amide bonds. The second-order valence-electron chi connectivity index (χ2n) is 7.14. The van der Waals surface area contributed by atoms with Crippen molar-refractivity contribution >= 4 is 17.8 Å². The van der Waals surface area contributed by atoms with Crippen LogP contribution in [0.25, 0.3) is 0 Å². The van der Waals surface area contributed by atoms with Gasteiger partial charge >= 0.3 is 17.8 Å². The zero-order chi connectivity index (χ0) is 19.1. The summed E-state index contributed by atoms with van der Waals surface area (Å²) < 4.78 is 10.8. The molecule has 8 heteroatoms. The number of hydrogen-bond donors (Lipinski definition) is 0. The Bertz CT molecular complexity index is 792. The van der Waals surface area contributed by atoms with Crippen LogP contribution in [0.5, 0.6) is 11.5 Å². The highest BCUT2D eigenvalue weighted by Crippen LogP contribution is 2.39. The van der Waals surface area contributed by atoms with Gasteiger partial charge < -0.3 is 9.47 Å². The number of imide groups is 2. The van der Waals surface area contributed by atoms with Gasteiger partial charge in [-0.05, 0) is 43.9 Å². The van der Waals surface area contributed by atoms with Crippen LogP contribution < -0.4 is 9.47 Å². The molecule has 3 fully saturated rings. The fourth-order valence-electron chi connectivity index (χ4n) is 3.93. The highest BCUT2D eigenvalue weighted by Gasteiger charge is 2.51. The number of amides is 4. The fraction of sp³-hybridized carbons (Fsp3) is 0.526. The van der Waals surface area contributed by atoms with Gasteiger partial charge in [0.05, 0.1) is 20.9 Å². The molecule has 1 atom stereocenters. The minimum absolute atomic E-state index is 0.0132. The number of benzene rings is 1. The van der Waals surface area contributed by atoms with Crippen LogP contribution in [0.15, 0.2) is 18.2 Å². The summed E-state index contributed by atoms with van der Waals surface area (Å²) in [7, 11) is 3.22. The lowest BCUT2D eigenvalue weighted by Crippen LogP contribution is -2.42. The summed E-state index contributed by atoms with van der Waals surface area (Å²) in [5, 5.41) is 0. The number of hydrogen-bond acceptors (Lipinski definition) is 6. The summed E-state index contributed by atoms with van der Waals surface area (Å²) in [6.45, 7) is 0.845. The van der Waals surface area contributed by atoms with Gasteiger partial charge in [-0.1, -0.05) is 0 Å². The zero-order valence-corrected chi connectivity index (χ0v) is 15.5. The molecule has 2 heterocycles. The number of carbonyl (C=O) groups is 3. The summed E-state index contributed by atoms with van der Waals surface area (Å²) >= 11 is 0. The molecule has 4 rings (SSSR count). The van der Waals surface area contributed by atoms with Crippen molar-refractivity contribution in [2.75, 3.05) is 27.4 Å². The van der Waals surface area contributed by atoms with Gasteiger partial charge in [-0.3, -0.25) is 19.4 Å². The summed E-state index contributed by atoms with van der Waals surface area (Å²) in [5.74, 6) is 0.0379. The Hall–Kier alpha value is -2.61. The van der Waals surface area contributed by atoms with E-state index in [4.69, 9.17) is 9.47 Å². The van der Waals surface area contributed by atoms with Crippen molar-refractivity contribution in [1.82, 2.24) is 14.7 Å². The molecule has 0 unspecified atom stereocenters. The molecule has 1 aromatic rings. The van der Waals surface area contributed by atoms with Gasteiger partial charge in [0.25, 0.3) is 0 Å². The Labute approximate surface area is 157 Å². The highest BCUT2D eigenvalue weighted by atomic mass is 16.5. The molecule has 0 N–H and O–H groups in total. The number of ether oxygens (including phenoxy) is 2. The number of carbonyl (C=O) groups excluding carboxylic acids is 3. The van der Waals surface area contributed by atoms with Crippen LogP contribution in [0.4, 0.5) is 4.79 Å². The van der Waals surface area contributed by atoms with Gasteiger partial charge in [0.1, 0.15) is 11.5 Å². The van der Waals surface area contributed by atoms with E-state index in [0.29, 0.717) is 0 Å². The Kier molecular flexibility index (Phi) is 4.51. The highest BCUT2D eigenvalue weighted by molar-refractivity contribution is 6.44. The second kappa shape index (κ2) is 6.84. The van der Waals surface area contributed by atoms with Crippen LogP contribution in [-0.2, 0) is 9.59 Å². The van der Waals surface area contributed by atoms with Crippen LogP contribution in [0.3, 0.4) is 0 Å². The third kappa shape index (κ3) is 3.03. The Morgan fingerprint density at radius 3 is 2.48 bits per heavy atom. The molecule has 8 nitrogen and oxygen atoms in total. The normalized spacial score (nSPS) is 23.5. The molecule has 2 saturated heterocycles. The zero-order valence-electron chi connectivity index (χ0n) is 15.5. The van der Waals surface area contributed by atoms with Crippen LogP contribution in [-0.4, -0.2) is 66.0 Å². The number of rotatable bonds is 6. The molecular weight excluding hydrogens is 350 g/mol. The van der Waals surface area contributed by atoms with Crippen LogP contribution in [0.2, 0.25) is 0 Å². The molecular formula is C19H23N3O5. The van der Waals surface area contributed by atoms with Crippen LogP contribution in [0, 0.1) is 0 Å². The van der Waals surface area contributed by atoms with E-state index < -0.39 is 17.8 Å². The maximum atomic E-state index is 12.6. The number of nitrogens with zero attached hydrogens (tertiary/aromatic N) is 3. The van der Waals surface area contributed by atoms with Gasteiger partial charge in [0.2, 0.25) is 0 Å². The summed E-state index contributed by atoms with van der Waals surface area (Å²) in [4.78, 5) is 41.4. The van der Waals surface area contributed by atoms with E-state index in [1.165, 1.54) is 0 Å². The Morgan fingerprint density at radius 1 is 1.04 bits per heavy atom. The van der Waals surface area contributed by atoms with Crippen molar-refractivity contribution in [3.63, 3.8) is 0 Å². The number of likely N-dealkylation sites (tertiary alicyclic amines) is 1. The molecule has 3 aliphatic rings. The topological polar surface area (TPSA) is 79.4 Å². The largest absolute Gasteiger partial charge is 0.497 e. The molecule has 144 valence electrons. The van der Waals surface area contributed by atoms with Crippen molar-refractivity contribution < 1.29 is 23.9 Å². The van der Waals surface area contributed by atoms with E-state index in [-0.39, 0.29) is 18.8 Å². The third-order valence-electron chi connectivity index (χ3n) is 5.48. The van der Waals surface area contributed by atoms with Crippen LogP contribution >= 0.6 is 0 Å². The maximum Gasteiger partial charge on any atom is 0.335 e. The second-order valence-corrected chi connectivity index (χ2v) is 7.14. The quantitative estimate of drug-likeness (QED) is 0.558. The summed E-state index contributed by atoms with van der Waals surface area (Å²) in [6, 6.07) is 5.01. The Balaban J connectivity index is 1.57. The van der Waals surface area contributed by atoms with Crippen molar-refractivity contribution in [3.05, 3.63) is 23.8 Å². The van der Waals surface area contributed by atoms with E-state index >= 15 is 0 Å². The summed E-state index contributed by atoms with van der Waals surface area (Å²) in [6.07, 6.45) is 3.37. The van der Waals surface area contributed by atoms with E-state index in [1.54, 1.807) is 14.2 Å². The lowest BCUT2D eigenvalue weighted by atomic mass is 10.0. The van der Waals surface area contributed by atoms with Gasteiger partial charge in [-0.25, -0.2) is 9.69 Å². The molecule has 0 aromatic heterocycles. The molecule has 1 aromatic carbocycles. The lowest BCUT2D eigenvalue weighted by Gasteiger charge is -2.29. The molecule has 2 aliphatic heterocycles. The maximum absolute atomic E-state index is 12.6. The van der Waals surface area contributed by atoms with Gasteiger partial charge in [-0.15, -0.1) is 0 Å². The van der Waals surface area contributed by atoms with Crippen molar-refractivity contribution in [1.29, 1.82) is 0 Å². The molecule has 0 bridgehead atoms. The summed E-state index contributed by atoms with van der Waals surface area (Å²) in [5.41, 5.74) is 0.957. The SMILES string of the molecule is COc1ccc(OC)c([C@H]2CCCN2CN2C(=O)C(=O)N(C3CC3)C2=O)c1. The van der Waals surface area contributed by atoms with Gasteiger partial charge in [0.15, 0.2) is 0 Å². The van der Waals surface area contributed by atoms with Crippen molar-refractivity contribution in [3.8, 4) is 11.5 Å². The average Bonchev–Trinajstić information content (AvgIpc) is 3.36. The first-order valence-electron chi connectivity index (χ1n) is 9.20. The number of urea groups is 1. The van der Waals surface area contributed by atoms with Gasteiger partial charge in [0, 0.05) is 24.2 Å². The lowest BCUT2D eigenvalue weighted by molar-refractivity contribution is -0.144. The van der Waals surface area contributed by atoms with Gasteiger partial charge in [-0.2, -0.15) is 0 Å². The standard InChI is InChI=1S/C19H23N3O5/c1-26-13-7-8-16(27-2)14(10-13)15-4-3-9-20(15)11-21-17(23)18(24)22(19(21)25)12-5-6-12/h7-8,10,12,15H,3-6,9,11H2,1-2H3/t15-/m1/s1. The van der Waals surface area contributed by atoms with E-state index in [0.717, 1.165) is 59.1 Å². The first-order valence-corrected chi connectivity index (χ1v) is 9.20. The molecule has 0 spiro atoms. The molecule has 1 saturated carbocycles. The molecule has 0 radical (unpaired) electrons.